The standard InChI is InChI=1S/C19H19BrN2O/c20-15-8-9-18-16(13-15)19(10-11-21-18)22-17(7-4-12-23)14-5-2-1-3-6-14/h1-3,5-6,8-11,13,17,23H,4,7,12H2,(H,21,22). The molecular weight excluding hydrogens is 352 g/mol. The molecule has 3 rings (SSSR count). The van der Waals surface area contributed by atoms with Crippen molar-refractivity contribution in [2.75, 3.05) is 11.9 Å². The molecule has 1 aromatic heterocycles. The van der Waals surface area contributed by atoms with Crippen molar-refractivity contribution in [2.45, 2.75) is 18.9 Å². The number of nitrogens with one attached hydrogen (secondary N) is 1. The van der Waals surface area contributed by atoms with E-state index >= 15 is 0 Å². The first kappa shape index (κ1) is 16.0. The Kier molecular flexibility index (Phi) is 5.26. The van der Waals surface area contributed by atoms with E-state index in [1.165, 1.54) is 5.56 Å². The molecule has 2 aromatic carbocycles. The highest BCUT2D eigenvalue weighted by molar-refractivity contribution is 9.10. The second-order valence-corrected chi connectivity index (χ2v) is 6.41. The van der Waals surface area contributed by atoms with Crippen molar-refractivity contribution in [1.29, 1.82) is 0 Å². The quantitative estimate of drug-likeness (QED) is 0.646. The van der Waals surface area contributed by atoms with E-state index in [2.05, 4.69) is 44.4 Å². The van der Waals surface area contributed by atoms with Gasteiger partial charge in [0, 0.05) is 28.4 Å². The minimum atomic E-state index is 0.160. The van der Waals surface area contributed by atoms with Crippen LogP contribution >= 0.6 is 15.9 Å². The molecule has 3 nitrogen and oxygen atoms in total. The third-order valence-corrected chi connectivity index (χ3v) is 4.38. The van der Waals surface area contributed by atoms with E-state index in [1.54, 1.807) is 0 Å². The van der Waals surface area contributed by atoms with Gasteiger partial charge >= 0.3 is 0 Å². The summed E-state index contributed by atoms with van der Waals surface area (Å²) in [6.07, 6.45) is 3.46. The van der Waals surface area contributed by atoms with E-state index in [4.69, 9.17) is 0 Å². The number of fused-ring (bicyclic) bond motifs is 1. The Morgan fingerprint density at radius 3 is 2.70 bits per heavy atom. The number of benzene rings is 2. The van der Waals surface area contributed by atoms with Gasteiger partial charge in [-0.2, -0.15) is 0 Å². The Balaban J connectivity index is 1.95. The van der Waals surface area contributed by atoms with Gasteiger partial charge in [-0.05, 0) is 42.7 Å². The fourth-order valence-electron chi connectivity index (χ4n) is 2.73. The highest BCUT2D eigenvalue weighted by Crippen LogP contribution is 2.30. The van der Waals surface area contributed by atoms with Crippen LogP contribution < -0.4 is 5.32 Å². The Morgan fingerprint density at radius 2 is 1.91 bits per heavy atom. The maximum absolute atomic E-state index is 9.19. The van der Waals surface area contributed by atoms with Crippen molar-refractivity contribution in [3.05, 3.63) is 70.8 Å². The molecule has 1 atom stereocenters. The normalized spacial score (nSPS) is 12.3. The largest absolute Gasteiger partial charge is 0.396 e. The van der Waals surface area contributed by atoms with Gasteiger partial charge in [-0.15, -0.1) is 0 Å². The van der Waals surface area contributed by atoms with Gasteiger partial charge in [0.25, 0.3) is 0 Å². The molecule has 0 bridgehead atoms. The van der Waals surface area contributed by atoms with E-state index in [1.807, 2.05) is 42.6 Å². The van der Waals surface area contributed by atoms with Crippen LogP contribution in [0.3, 0.4) is 0 Å². The predicted octanol–water partition coefficient (Wildman–Crippen LogP) is 4.92. The van der Waals surface area contributed by atoms with Crippen LogP contribution in [0.2, 0.25) is 0 Å². The van der Waals surface area contributed by atoms with Gasteiger partial charge in [-0.3, -0.25) is 4.98 Å². The van der Waals surface area contributed by atoms with E-state index in [0.717, 1.165) is 33.9 Å². The minimum absolute atomic E-state index is 0.160. The number of hydrogen-bond donors (Lipinski definition) is 2. The van der Waals surface area contributed by atoms with Crippen LogP contribution in [0.25, 0.3) is 10.9 Å². The maximum atomic E-state index is 9.19. The molecule has 0 aliphatic rings. The van der Waals surface area contributed by atoms with Crippen molar-refractivity contribution in [3.63, 3.8) is 0 Å². The summed E-state index contributed by atoms with van der Waals surface area (Å²) in [6.45, 7) is 0.202. The SMILES string of the molecule is OCCCC(Nc1ccnc2ccc(Br)cc12)c1ccccc1. The molecule has 1 unspecified atom stereocenters. The van der Waals surface area contributed by atoms with Gasteiger partial charge in [-0.25, -0.2) is 0 Å². The summed E-state index contributed by atoms with van der Waals surface area (Å²) in [4.78, 5) is 4.42. The van der Waals surface area contributed by atoms with Gasteiger partial charge in [0.05, 0.1) is 11.6 Å². The number of halogens is 1. The predicted molar refractivity (Wildman–Crippen MR) is 98.6 cm³/mol. The lowest BCUT2D eigenvalue weighted by Gasteiger charge is -2.21. The van der Waals surface area contributed by atoms with E-state index in [-0.39, 0.29) is 12.6 Å². The summed E-state index contributed by atoms with van der Waals surface area (Å²) in [6, 6.07) is 18.6. The second-order valence-electron chi connectivity index (χ2n) is 5.49. The first-order valence-electron chi connectivity index (χ1n) is 7.74. The molecule has 118 valence electrons. The molecule has 1 heterocycles. The summed E-state index contributed by atoms with van der Waals surface area (Å²) in [5, 5.41) is 13.9. The third kappa shape index (κ3) is 3.89. The number of hydrogen-bond acceptors (Lipinski definition) is 3. The maximum Gasteiger partial charge on any atom is 0.0723 e. The van der Waals surface area contributed by atoms with Gasteiger partial charge in [0.1, 0.15) is 0 Å². The lowest BCUT2D eigenvalue weighted by Crippen LogP contribution is -2.12. The minimum Gasteiger partial charge on any atom is -0.396 e. The number of aliphatic hydroxyl groups is 1. The number of aromatic nitrogens is 1. The summed E-state index contributed by atoms with van der Waals surface area (Å²) in [5.41, 5.74) is 3.25. The first-order valence-corrected chi connectivity index (χ1v) is 8.54. The van der Waals surface area contributed by atoms with E-state index in [0.29, 0.717) is 0 Å². The van der Waals surface area contributed by atoms with Crippen LogP contribution in [0.5, 0.6) is 0 Å². The lowest BCUT2D eigenvalue weighted by molar-refractivity contribution is 0.281. The molecule has 0 amide bonds. The molecule has 0 aliphatic heterocycles. The Morgan fingerprint density at radius 1 is 1.09 bits per heavy atom. The highest BCUT2D eigenvalue weighted by atomic mass is 79.9. The molecule has 0 radical (unpaired) electrons. The number of pyridine rings is 1. The topological polar surface area (TPSA) is 45.1 Å². The summed E-state index contributed by atoms with van der Waals surface area (Å²) < 4.78 is 1.03. The van der Waals surface area contributed by atoms with Crippen molar-refractivity contribution in [3.8, 4) is 0 Å². The van der Waals surface area contributed by atoms with Crippen molar-refractivity contribution in [1.82, 2.24) is 4.98 Å². The van der Waals surface area contributed by atoms with Crippen molar-refractivity contribution >= 4 is 32.5 Å². The fourth-order valence-corrected chi connectivity index (χ4v) is 3.10. The van der Waals surface area contributed by atoms with Crippen molar-refractivity contribution in [2.24, 2.45) is 0 Å². The van der Waals surface area contributed by atoms with E-state index in [9.17, 15) is 5.11 Å². The third-order valence-electron chi connectivity index (χ3n) is 3.89. The van der Waals surface area contributed by atoms with Crippen LogP contribution in [-0.2, 0) is 0 Å². The van der Waals surface area contributed by atoms with Gasteiger partial charge in [-0.1, -0.05) is 46.3 Å². The lowest BCUT2D eigenvalue weighted by atomic mass is 10.0. The second kappa shape index (κ2) is 7.57. The number of rotatable bonds is 6. The van der Waals surface area contributed by atoms with Crippen LogP contribution in [0.4, 0.5) is 5.69 Å². The Hall–Kier alpha value is -1.91. The molecule has 23 heavy (non-hydrogen) atoms. The summed E-state index contributed by atoms with van der Waals surface area (Å²) >= 11 is 3.53. The Labute approximate surface area is 144 Å². The number of anilines is 1. The zero-order valence-corrected chi connectivity index (χ0v) is 14.3. The van der Waals surface area contributed by atoms with E-state index < -0.39 is 0 Å². The fraction of sp³-hybridized carbons (Fsp3) is 0.211. The zero-order chi connectivity index (χ0) is 16.1. The molecule has 0 spiro atoms. The molecule has 0 aliphatic carbocycles. The number of nitrogens with zero attached hydrogens (tertiary/aromatic N) is 1. The molecular formula is C19H19BrN2O. The van der Waals surface area contributed by atoms with Crippen LogP contribution in [0, 0.1) is 0 Å². The summed E-state index contributed by atoms with van der Waals surface area (Å²) in [5.74, 6) is 0. The van der Waals surface area contributed by atoms with Crippen LogP contribution in [-0.4, -0.2) is 16.7 Å². The zero-order valence-electron chi connectivity index (χ0n) is 12.7. The smallest absolute Gasteiger partial charge is 0.0723 e. The average molecular weight is 371 g/mol. The van der Waals surface area contributed by atoms with Crippen LogP contribution in [0.1, 0.15) is 24.4 Å². The first-order chi connectivity index (χ1) is 11.3. The monoisotopic (exact) mass is 370 g/mol. The highest BCUT2D eigenvalue weighted by Gasteiger charge is 2.12. The van der Waals surface area contributed by atoms with Gasteiger partial charge in [0.15, 0.2) is 0 Å². The molecule has 0 saturated carbocycles. The molecule has 0 fully saturated rings. The molecule has 4 heteroatoms. The van der Waals surface area contributed by atoms with Crippen LogP contribution in [0.15, 0.2) is 65.3 Å². The summed E-state index contributed by atoms with van der Waals surface area (Å²) in [7, 11) is 0. The van der Waals surface area contributed by atoms with Crippen molar-refractivity contribution < 1.29 is 5.11 Å². The average Bonchev–Trinajstić information content (AvgIpc) is 2.59. The number of aliphatic hydroxyl groups excluding tert-OH is 1. The molecule has 3 aromatic rings. The molecule has 2 N–H and O–H groups in total. The Bertz CT molecular complexity index is 777. The van der Waals surface area contributed by atoms with Gasteiger partial charge in [0.2, 0.25) is 0 Å². The van der Waals surface area contributed by atoms with Gasteiger partial charge < -0.3 is 10.4 Å². The molecule has 0 saturated heterocycles.